The summed E-state index contributed by atoms with van der Waals surface area (Å²) in [6, 6.07) is 0.892. The van der Waals surface area contributed by atoms with Crippen molar-refractivity contribution in [2.45, 2.75) is 64.1 Å². The fourth-order valence-corrected chi connectivity index (χ4v) is 5.28. The number of aromatic nitrogens is 2. The lowest BCUT2D eigenvalue weighted by Gasteiger charge is -2.38. The maximum atomic E-state index is 10.0. The van der Waals surface area contributed by atoms with Crippen LogP contribution >= 0.6 is 11.3 Å². The van der Waals surface area contributed by atoms with Gasteiger partial charge in [-0.3, -0.25) is 0 Å². The van der Waals surface area contributed by atoms with E-state index in [0.717, 1.165) is 29.9 Å². The summed E-state index contributed by atoms with van der Waals surface area (Å²) in [6.07, 6.45) is 6.72. The molecular formula is C16H21N3OS. The first kappa shape index (κ1) is 13.5. The zero-order valence-electron chi connectivity index (χ0n) is 12.5. The Balaban J connectivity index is 1.87. The standard InChI is InChI=1S/C16H21N3OS/c1-3-13-9(2)21-16-14(13)15(17-8-18-16)19-10-4-5-11(19)7-12(20)6-10/h8,10-12,20H,3-7H2,1-2H3/t10-,11+,12?. The number of fused-ring (bicyclic) bond motifs is 3. The van der Waals surface area contributed by atoms with Gasteiger partial charge < -0.3 is 10.0 Å². The van der Waals surface area contributed by atoms with Crippen molar-refractivity contribution in [3.63, 3.8) is 0 Å². The number of piperidine rings is 1. The quantitative estimate of drug-likeness (QED) is 0.926. The smallest absolute Gasteiger partial charge is 0.141 e. The summed E-state index contributed by atoms with van der Waals surface area (Å²) in [7, 11) is 0. The summed E-state index contributed by atoms with van der Waals surface area (Å²) >= 11 is 1.78. The van der Waals surface area contributed by atoms with Crippen LogP contribution < -0.4 is 4.90 Å². The Morgan fingerprint density at radius 2 is 2.00 bits per heavy atom. The fourth-order valence-electron chi connectivity index (χ4n) is 4.20. The number of nitrogens with zero attached hydrogens (tertiary/aromatic N) is 3. The van der Waals surface area contributed by atoms with Gasteiger partial charge >= 0.3 is 0 Å². The average molecular weight is 303 g/mol. The van der Waals surface area contributed by atoms with Gasteiger partial charge in [-0.05, 0) is 44.6 Å². The van der Waals surface area contributed by atoms with Gasteiger partial charge in [-0.2, -0.15) is 0 Å². The molecule has 1 unspecified atom stereocenters. The van der Waals surface area contributed by atoms with Crippen molar-refractivity contribution in [1.29, 1.82) is 0 Å². The predicted octanol–water partition coefficient (Wildman–Crippen LogP) is 3.05. The normalized spacial score (nSPS) is 28.5. The van der Waals surface area contributed by atoms with E-state index in [0.29, 0.717) is 12.1 Å². The van der Waals surface area contributed by atoms with E-state index in [9.17, 15) is 5.11 Å². The third-order valence-electron chi connectivity index (χ3n) is 5.08. The second-order valence-corrected chi connectivity index (χ2v) is 7.49. The molecule has 0 radical (unpaired) electrons. The van der Waals surface area contributed by atoms with Crippen molar-refractivity contribution in [3.8, 4) is 0 Å². The van der Waals surface area contributed by atoms with Crippen LogP contribution in [0, 0.1) is 6.92 Å². The molecule has 4 rings (SSSR count). The molecule has 0 aliphatic carbocycles. The molecule has 4 heterocycles. The van der Waals surface area contributed by atoms with Gasteiger partial charge in [0.1, 0.15) is 17.0 Å². The zero-order chi connectivity index (χ0) is 14.6. The van der Waals surface area contributed by atoms with Crippen LogP contribution in [0.1, 0.15) is 43.0 Å². The van der Waals surface area contributed by atoms with Crippen LogP contribution in [0.25, 0.3) is 10.2 Å². The first-order valence-corrected chi connectivity index (χ1v) is 8.70. The van der Waals surface area contributed by atoms with E-state index in [1.165, 1.54) is 28.7 Å². The van der Waals surface area contributed by atoms with Crippen molar-refractivity contribution in [3.05, 3.63) is 16.8 Å². The van der Waals surface area contributed by atoms with Gasteiger partial charge in [0, 0.05) is 17.0 Å². The summed E-state index contributed by atoms with van der Waals surface area (Å²) in [6.45, 7) is 4.39. The van der Waals surface area contributed by atoms with Crippen LogP contribution in [0.15, 0.2) is 6.33 Å². The van der Waals surface area contributed by atoms with E-state index in [2.05, 4.69) is 28.7 Å². The number of rotatable bonds is 2. The van der Waals surface area contributed by atoms with Gasteiger partial charge in [-0.15, -0.1) is 11.3 Å². The Labute approximate surface area is 128 Å². The molecule has 0 aromatic carbocycles. The van der Waals surface area contributed by atoms with Crippen LogP contribution in [0.2, 0.25) is 0 Å². The Bertz CT molecular complexity index is 669. The van der Waals surface area contributed by atoms with E-state index < -0.39 is 0 Å². The molecule has 2 aromatic heterocycles. The topological polar surface area (TPSA) is 49.2 Å². The largest absolute Gasteiger partial charge is 0.393 e. The molecule has 0 saturated carbocycles. The lowest BCUT2D eigenvalue weighted by molar-refractivity contribution is 0.126. The molecule has 0 amide bonds. The second kappa shape index (κ2) is 4.92. The van der Waals surface area contributed by atoms with Crippen LogP contribution in [-0.4, -0.2) is 33.3 Å². The van der Waals surface area contributed by atoms with Crippen LogP contribution in [0.3, 0.4) is 0 Å². The lowest BCUT2D eigenvalue weighted by atomic mass is 9.99. The highest BCUT2D eigenvalue weighted by atomic mass is 32.1. The first-order chi connectivity index (χ1) is 10.2. The number of aliphatic hydroxyl groups is 1. The van der Waals surface area contributed by atoms with Crippen LogP contribution in [0.4, 0.5) is 5.82 Å². The van der Waals surface area contributed by atoms with Crippen LogP contribution in [-0.2, 0) is 6.42 Å². The monoisotopic (exact) mass is 303 g/mol. The highest BCUT2D eigenvalue weighted by Gasteiger charge is 2.41. The molecule has 1 N–H and O–H groups in total. The van der Waals surface area contributed by atoms with Gasteiger partial charge in [0.05, 0.1) is 11.5 Å². The number of aliphatic hydroxyl groups excluding tert-OH is 1. The van der Waals surface area contributed by atoms with Crippen molar-refractivity contribution >= 4 is 27.4 Å². The van der Waals surface area contributed by atoms with Gasteiger partial charge in [0.15, 0.2) is 0 Å². The molecule has 3 atom stereocenters. The van der Waals surface area contributed by atoms with Crippen molar-refractivity contribution in [2.24, 2.45) is 0 Å². The molecule has 2 bridgehead atoms. The number of thiophene rings is 1. The van der Waals surface area contributed by atoms with Gasteiger partial charge in [0.2, 0.25) is 0 Å². The number of hydrogen-bond acceptors (Lipinski definition) is 5. The summed E-state index contributed by atoms with van der Waals surface area (Å²) < 4.78 is 0. The molecule has 4 nitrogen and oxygen atoms in total. The first-order valence-electron chi connectivity index (χ1n) is 7.88. The minimum absolute atomic E-state index is 0.133. The SMILES string of the molecule is CCc1c(C)sc2ncnc(N3[C@@H]4CC[C@H]3CC(O)C4)c12. The predicted molar refractivity (Wildman–Crippen MR) is 86.1 cm³/mol. The maximum Gasteiger partial charge on any atom is 0.141 e. The molecule has 2 aliphatic rings. The van der Waals surface area contributed by atoms with Crippen LogP contribution in [0.5, 0.6) is 0 Å². The fraction of sp³-hybridized carbons (Fsp3) is 0.625. The molecule has 5 heteroatoms. The van der Waals surface area contributed by atoms with Gasteiger partial charge in [-0.1, -0.05) is 6.92 Å². The molecule has 2 aliphatic heterocycles. The minimum atomic E-state index is -0.133. The number of anilines is 1. The molecule has 21 heavy (non-hydrogen) atoms. The molecule has 2 fully saturated rings. The molecular weight excluding hydrogens is 282 g/mol. The summed E-state index contributed by atoms with van der Waals surface area (Å²) in [5, 5.41) is 11.3. The lowest BCUT2D eigenvalue weighted by Crippen LogP contribution is -2.45. The van der Waals surface area contributed by atoms with Crippen molar-refractivity contribution in [2.75, 3.05) is 4.90 Å². The Hall–Kier alpha value is -1.20. The molecule has 112 valence electrons. The van der Waals surface area contributed by atoms with Gasteiger partial charge in [-0.25, -0.2) is 9.97 Å². The van der Waals surface area contributed by atoms with Crippen molar-refractivity contribution in [1.82, 2.24) is 9.97 Å². The molecule has 2 saturated heterocycles. The average Bonchev–Trinajstić information content (AvgIpc) is 2.92. The van der Waals surface area contributed by atoms with E-state index in [1.54, 1.807) is 17.7 Å². The van der Waals surface area contributed by atoms with Crippen molar-refractivity contribution < 1.29 is 5.11 Å². The maximum absolute atomic E-state index is 10.0. The highest BCUT2D eigenvalue weighted by molar-refractivity contribution is 7.18. The molecule has 0 spiro atoms. The Kier molecular flexibility index (Phi) is 3.15. The Morgan fingerprint density at radius 1 is 1.29 bits per heavy atom. The Morgan fingerprint density at radius 3 is 2.67 bits per heavy atom. The zero-order valence-corrected chi connectivity index (χ0v) is 13.4. The van der Waals surface area contributed by atoms with E-state index in [-0.39, 0.29) is 6.10 Å². The minimum Gasteiger partial charge on any atom is -0.393 e. The van der Waals surface area contributed by atoms with E-state index >= 15 is 0 Å². The highest BCUT2D eigenvalue weighted by Crippen LogP contribution is 2.43. The molecule has 2 aromatic rings. The summed E-state index contributed by atoms with van der Waals surface area (Å²) in [5.74, 6) is 1.11. The summed E-state index contributed by atoms with van der Waals surface area (Å²) in [5.41, 5.74) is 1.40. The third kappa shape index (κ3) is 1.98. The third-order valence-corrected chi connectivity index (χ3v) is 6.13. The van der Waals surface area contributed by atoms with E-state index in [1.807, 2.05) is 0 Å². The second-order valence-electron chi connectivity index (χ2n) is 6.29. The number of aryl methyl sites for hydroxylation is 2. The van der Waals surface area contributed by atoms with E-state index in [4.69, 9.17) is 0 Å². The summed E-state index contributed by atoms with van der Waals surface area (Å²) in [4.78, 5) is 14.1. The van der Waals surface area contributed by atoms with Gasteiger partial charge in [0.25, 0.3) is 0 Å². The number of hydrogen-bond donors (Lipinski definition) is 1.